The van der Waals surface area contributed by atoms with E-state index in [0.29, 0.717) is 36.6 Å². The van der Waals surface area contributed by atoms with Crippen molar-refractivity contribution in [1.82, 2.24) is 24.6 Å². The summed E-state index contributed by atoms with van der Waals surface area (Å²) in [5.74, 6) is 0.650. The van der Waals surface area contributed by atoms with Crippen molar-refractivity contribution in [3.63, 3.8) is 0 Å². The molecule has 4 aromatic rings. The maximum atomic E-state index is 13.7. The lowest BCUT2D eigenvalue weighted by molar-refractivity contribution is 0.0590. The zero-order chi connectivity index (χ0) is 28.4. The molecule has 2 aromatic carbocycles. The predicted molar refractivity (Wildman–Crippen MR) is 158 cm³/mol. The number of piperazine rings is 1. The third kappa shape index (κ3) is 5.58. The lowest BCUT2D eigenvalue weighted by Crippen LogP contribution is -2.56. The van der Waals surface area contributed by atoms with Crippen LogP contribution in [0.2, 0.25) is 0 Å². The standard InChI is InChI=1S/C30H34N6O3S/c1-19(2)27-25(16-31-36(27)30-33-26(18-40-30)22-11-9-20(3)10-12-22)28(37)34-13-14-35(21(4)17-34)29(38)32-23-7-6-8-24(15-23)39-5/h6-12,15-16,18-19,21H,13-14,17H2,1-5H3,(H,32,38). The third-order valence-corrected chi connectivity index (χ3v) is 7.92. The van der Waals surface area contributed by atoms with Gasteiger partial charge in [-0.3, -0.25) is 4.79 Å². The van der Waals surface area contributed by atoms with Crippen molar-refractivity contribution in [2.45, 2.75) is 39.7 Å². The SMILES string of the molecule is COc1cccc(NC(=O)N2CCN(C(=O)c3cnn(-c4nc(-c5ccc(C)cc5)cs4)c3C(C)C)CC2C)c1. The van der Waals surface area contributed by atoms with Crippen LogP contribution in [0.15, 0.2) is 60.1 Å². The van der Waals surface area contributed by atoms with E-state index in [4.69, 9.17) is 9.72 Å². The van der Waals surface area contributed by atoms with Gasteiger partial charge >= 0.3 is 6.03 Å². The number of benzene rings is 2. The van der Waals surface area contributed by atoms with E-state index < -0.39 is 0 Å². The second-order valence-corrected chi connectivity index (χ2v) is 11.2. The fourth-order valence-corrected chi connectivity index (χ4v) is 5.76. The first-order chi connectivity index (χ1) is 19.2. The second-order valence-electron chi connectivity index (χ2n) is 10.3. The molecule has 0 saturated carbocycles. The van der Waals surface area contributed by atoms with Crippen LogP contribution in [0.5, 0.6) is 5.75 Å². The number of ether oxygens (including phenoxy) is 1. The van der Waals surface area contributed by atoms with E-state index in [2.05, 4.69) is 55.5 Å². The van der Waals surface area contributed by atoms with Crippen molar-refractivity contribution in [2.75, 3.05) is 32.1 Å². The van der Waals surface area contributed by atoms with Crippen molar-refractivity contribution in [2.24, 2.45) is 0 Å². The summed E-state index contributed by atoms with van der Waals surface area (Å²) in [5.41, 5.74) is 5.20. The molecular formula is C30H34N6O3S. The number of carbonyl (C=O) groups is 2. The number of aryl methyl sites for hydroxylation is 1. The van der Waals surface area contributed by atoms with Gasteiger partial charge in [-0.1, -0.05) is 49.7 Å². The molecule has 9 nitrogen and oxygen atoms in total. The van der Waals surface area contributed by atoms with Crippen LogP contribution in [0.25, 0.3) is 16.4 Å². The Labute approximate surface area is 238 Å². The average molecular weight is 559 g/mol. The summed E-state index contributed by atoms with van der Waals surface area (Å²) < 4.78 is 7.04. The number of methoxy groups -OCH3 is 1. The summed E-state index contributed by atoms with van der Waals surface area (Å²) in [6.45, 7) is 9.43. The number of thiazole rings is 1. The van der Waals surface area contributed by atoms with Crippen LogP contribution >= 0.6 is 11.3 Å². The number of nitrogens with zero attached hydrogens (tertiary/aromatic N) is 5. The Kier molecular flexibility index (Phi) is 7.88. The third-order valence-electron chi connectivity index (χ3n) is 7.10. The van der Waals surface area contributed by atoms with E-state index in [1.807, 2.05) is 35.4 Å². The van der Waals surface area contributed by atoms with Crippen molar-refractivity contribution in [3.05, 3.63) is 76.9 Å². The first-order valence-corrected chi connectivity index (χ1v) is 14.2. The van der Waals surface area contributed by atoms with Gasteiger partial charge in [0, 0.05) is 48.4 Å². The average Bonchev–Trinajstić information content (AvgIpc) is 3.61. The molecule has 3 amide bonds. The molecule has 0 bridgehead atoms. The number of urea groups is 1. The smallest absolute Gasteiger partial charge is 0.322 e. The van der Waals surface area contributed by atoms with Gasteiger partial charge in [-0.2, -0.15) is 5.10 Å². The number of hydrogen-bond acceptors (Lipinski definition) is 6. The predicted octanol–water partition coefficient (Wildman–Crippen LogP) is 5.81. The molecular weight excluding hydrogens is 524 g/mol. The summed E-state index contributed by atoms with van der Waals surface area (Å²) in [4.78, 5) is 35.1. The Morgan fingerprint density at radius 2 is 1.90 bits per heavy atom. The summed E-state index contributed by atoms with van der Waals surface area (Å²) in [5, 5.41) is 10.3. The van der Waals surface area contributed by atoms with Crippen LogP contribution in [0, 0.1) is 6.92 Å². The normalized spacial score (nSPS) is 15.4. The maximum Gasteiger partial charge on any atom is 0.322 e. The van der Waals surface area contributed by atoms with Gasteiger partial charge in [0.1, 0.15) is 5.75 Å². The van der Waals surface area contributed by atoms with Crippen molar-refractivity contribution in [1.29, 1.82) is 0 Å². The van der Waals surface area contributed by atoms with Crippen LogP contribution < -0.4 is 10.1 Å². The lowest BCUT2D eigenvalue weighted by atomic mass is 10.0. The monoisotopic (exact) mass is 558 g/mol. The van der Waals surface area contributed by atoms with Gasteiger partial charge in [-0.05, 0) is 31.9 Å². The largest absolute Gasteiger partial charge is 0.497 e. The molecule has 0 spiro atoms. The molecule has 3 heterocycles. The highest BCUT2D eigenvalue weighted by atomic mass is 32.1. The Hall–Kier alpha value is -4.18. The highest BCUT2D eigenvalue weighted by Crippen LogP contribution is 2.29. The van der Waals surface area contributed by atoms with Gasteiger partial charge in [0.15, 0.2) is 0 Å². The zero-order valence-corrected chi connectivity index (χ0v) is 24.2. The first kappa shape index (κ1) is 27.4. The van der Waals surface area contributed by atoms with Crippen LogP contribution in [0.4, 0.5) is 10.5 Å². The topological polar surface area (TPSA) is 92.6 Å². The van der Waals surface area contributed by atoms with Gasteiger partial charge in [0.05, 0.1) is 30.3 Å². The van der Waals surface area contributed by atoms with Crippen molar-refractivity contribution < 1.29 is 14.3 Å². The highest BCUT2D eigenvalue weighted by molar-refractivity contribution is 7.12. The van der Waals surface area contributed by atoms with Gasteiger partial charge in [0.2, 0.25) is 5.13 Å². The minimum Gasteiger partial charge on any atom is -0.497 e. The Morgan fingerprint density at radius 3 is 2.60 bits per heavy atom. The Morgan fingerprint density at radius 1 is 1.12 bits per heavy atom. The number of amides is 3. The van der Waals surface area contributed by atoms with Crippen molar-refractivity contribution in [3.8, 4) is 22.1 Å². The summed E-state index contributed by atoms with van der Waals surface area (Å²) in [6, 6.07) is 15.2. The molecule has 1 saturated heterocycles. The van der Waals surface area contributed by atoms with Crippen LogP contribution in [0.1, 0.15) is 48.3 Å². The molecule has 40 heavy (non-hydrogen) atoms. The van der Waals surface area contributed by atoms with Gasteiger partial charge < -0.3 is 19.9 Å². The molecule has 2 aromatic heterocycles. The summed E-state index contributed by atoms with van der Waals surface area (Å²) in [6.07, 6.45) is 1.65. The van der Waals surface area contributed by atoms with E-state index in [9.17, 15) is 9.59 Å². The molecule has 5 rings (SSSR count). The number of nitrogens with one attached hydrogen (secondary N) is 1. The fourth-order valence-electron chi connectivity index (χ4n) is 4.96. The number of hydrogen-bond donors (Lipinski definition) is 1. The lowest BCUT2D eigenvalue weighted by Gasteiger charge is -2.39. The van der Waals surface area contributed by atoms with Gasteiger partial charge in [-0.15, -0.1) is 11.3 Å². The molecule has 10 heteroatoms. The molecule has 208 valence electrons. The van der Waals surface area contributed by atoms with Gasteiger partial charge in [-0.25, -0.2) is 14.5 Å². The molecule has 1 fully saturated rings. The highest BCUT2D eigenvalue weighted by Gasteiger charge is 2.33. The van der Waals surface area contributed by atoms with Crippen LogP contribution in [0.3, 0.4) is 0 Å². The quantitative estimate of drug-likeness (QED) is 0.322. The Balaban J connectivity index is 1.30. The first-order valence-electron chi connectivity index (χ1n) is 13.4. The Bertz CT molecular complexity index is 1510. The van der Waals surface area contributed by atoms with E-state index in [1.165, 1.54) is 16.9 Å². The van der Waals surface area contributed by atoms with Crippen molar-refractivity contribution >= 4 is 29.0 Å². The number of carbonyl (C=O) groups excluding carboxylic acids is 2. The molecule has 0 aliphatic carbocycles. The minimum absolute atomic E-state index is 0.0560. The van der Waals surface area contributed by atoms with E-state index >= 15 is 0 Å². The molecule has 1 atom stereocenters. The molecule has 1 N–H and O–H groups in total. The summed E-state index contributed by atoms with van der Waals surface area (Å²) >= 11 is 1.51. The molecule has 1 aliphatic heterocycles. The molecule has 0 radical (unpaired) electrons. The van der Waals surface area contributed by atoms with E-state index in [-0.39, 0.29) is 23.9 Å². The maximum absolute atomic E-state index is 13.7. The van der Waals surface area contributed by atoms with E-state index in [0.717, 1.165) is 22.1 Å². The molecule has 1 unspecified atom stereocenters. The van der Waals surface area contributed by atoms with Crippen LogP contribution in [-0.2, 0) is 0 Å². The van der Waals surface area contributed by atoms with E-state index in [1.54, 1.807) is 29.0 Å². The zero-order valence-electron chi connectivity index (χ0n) is 23.4. The summed E-state index contributed by atoms with van der Waals surface area (Å²) in [7, 11) is 1.59. The minimum atomic E-state index is -0.198. The van der Waals surface area contributed by atoms with Crippen LogP contribution in [-0.4, -0.2) is 69.3 Å². The second kappa shape index (κ2) is 11.5. The number of rotatable bonds is 6. The number of aromatic nitrogens is 3. The fraction of sp³-hybridized carbons (Fsp3) is 0.333. The van der Waals surface area contributed by atoms with Gasteiger partial charge in [0.25, 0.3) is 5.91 Å². The molecule has 1 aliphatic rings. The number of anilines is 1.